The van der Waals surface area contributed by atoms with Crippen LogP contribution in [0.4, 0.5) is 0 Å². The Morgan fingerprint density at radius 3 is 1.03 bits per heavy atom. The number of hydrogen-bond acceptors (Lipinski definition) is 1. The van der Waals surface area contributed by atoms with Gasteiger partial charge in [0.2, 0.25) is 0 Å². The highest BCUT2D eigenvalue weighted by molar-refractivity contribution is 4.61. The quantitative estimate of drug-likeness (QED) is 0.140. The van der Waals surface area contributed by atoms with E-state index < -0.39 is 0 Å². The van der Waals surface area contributed by atoms with E-state index in [9.17, 15) is 0 Å². The predicted molar refractivity (Wildman–Crippen MR) is 140 cm³/mol. The van der Waals surface area contributed by atoms with Crippen molar-refractivity contribution in [3.05, 3.63) is 0 Å². The average Bonchev–Trinajstić information content (AvgIpc) is 2.70. The van der Waals surface area contributed by atoms with E-state index in [1.807, 2.05) is 0 Å². The molecule has 0 aromatic heterocycles. The van der Waals surface area contributed by atoms with Gasteiger partial charge in [0.15, 0.2) is 0 Å². The molecule has 0 aromatic rings. The molecule has 0 saturated carbocycles. The van der Waals surface area contributed by atoms with Crippen molar-refractivity contribution >= 4 is 0 Å². The summed E-state index contributed by atoms with van der Waals surface area (Å²) in [6, 6.07) is 0. The Hall–Kier alpha value is -0.0400. The molecule has 0 atom stereocenters. The van der Waals surface area contributed by atoms with Gasteiger partial charge in [-0.3, -0.25) is 0 Å². The van der Waals surface area contributed by atoms with Crippen molar-refractivity contribution in [1.82, 2.24) is 4.90 Å². The highest BCUT2D eigenvalue weighted by Crippen LogP contribution is 2.14. The van der Waals surface area contributed by atoms with Gasteiger partial charge in [-0.1, -0.05) is 137 Å². The lowest BCUT2D eigenvalue weighted by atomic mass is 10.0. The molecule has 0 unspecified atom stereocenters. The molecule has 0 heterocycles. The molecule has 0 aliphatic rings. The number of nitrogens with zero attached hydrogens (tertiary/aromatic N) is 1. The zero-order chi connectivity index (χ0) is 22.3. The summed E-state index contributed by atoms with van der Waals surface area (Å²) in [6.45, 7) is 15.8. The van der Waals surface area contributed by atoms with Crippen molar-refractivity contribution in [2.24, 2.45) is 11.8 Å². The standard InChI is InChI=1S/C29H61N/c1-6-7-8-9-10-11-12-13-14-15-16-17-20-25-30(26-21-18-23-28(2)3)27-22-19-24-29(4)5/h28-29H,6-27H2,1-5H3. The highest BCUT2D eigenvalue weighted by atomic mass is 15.1. The largest absolute Gasteiger partial charge is 0.303 e. The summed E-state index contributed by atoms with van der Waals surface area (Å²) in [5, 5.41) is 0. The van der Waals surface area contributed by atoms with Gasteiger partial charge in [0.25, 0.3) is 0 Å². The van der Waals surface area contributed by atoms with E-state index in [0.717, 1.165) is 11.8 Å². The summed E-state index contributed by atoms with van der Waals surface area (Å²) < 4.78 is 0. The third-order valence-electron chi connectivity index (χ3n) is 6.59. The van der Waals surface area contributed by atoms with Crippen LogP contribution < -0.4 is 0 Å². The van der Waals surface area contributed by atoms with Crippen LogP contribution in [0.1, 0.15) is 157 Å². The van der Waals surface area contributed by atoms with Crippen LogP contribution in [0.25, 0.3) is 0 Å². The van der Waals surface area contributed by atoms with E-state index in [-0.39, 0.29) is 0 Å². The second-order valence-electron chi connectivity index (χ2n) is 10.9. The third-order valence-corrected chi connectivity index (χ3v) is 6.59. The predicted octanol–water partition coefficient (Wildman–Crippen LogP) is 10.0. The van der Waals surface area contributed by atoms with Gasteiger partial charge in [-0.05, 0) is 50.7 Å². The van der Waals surface area contributed by atoms with Crippen LogP contribution in [0, 0.1) is 11.8 Å². The first-order valence-corrected chi connectivity index (χ1v) is 14.3. The minimum absolute atomic E-state index is 0.866. The molecule has 0 aliphatic carbocycles. The van der Waals surface area contributed by atoms with E-state index in [2.05, 4.69) is 39.5 Å². The molecule has 0 spiro atoms. The minimum atomic E-state index is 0.866. The first-order chi connectivity index (χ1) is 14.6. The molecule has 182 valence electrons. The average molecular weight is 424 g/mol. The normalized spacial score (nSPS) is 12.0. The fourth-order valence-corrected chi connectivity index (χ4v) is 4.46. The van der Waals surface area contributed by atoms with E-state index in [1.165, 1.54) is 142 Å². The maximum absolute atomic E-state index is 2.79. The molecule has 0 aromatic carbocycles. The van der Waals surface area contributed by atoms with Crippen molar-refractivity contribution in [3.63, 3.8) is 0 Å². The Morgan fingerprint density at radius 1 is 0.400 bits per heavy atom. The number of unbranched alkanes of at least 4 members (excludes halogenated alkanes) is 14. The second kappa shape index (κ2) is 23.6. The lowest BCUT2D eigenvalue weighted by molar-refractivity contribution is 0.251. The molecule has 0 fully saturated rings. The summed E-state index contributed by atoms with van der Waals surface area (Å²) >= 11 is 0. The molecule has 0 rings (SSSR count). The lowest BCUT2D eigenvalue weighted by Crippen LogP contribution is -2.27. The van der Waals surface area contributed by atoms with E-state index in [1.54, 1.807) is 0 Å². The van der Waals surface area contributed by atoms with Gasteiger partial charge in [-0.2, -0.15) is 0 Å². The molecule has 0 radical (unpaired) electrons. The van der Waals surface area contributed by atoms with Crippen molar-refractivity contribution in [1.29, 1.82) is 0 Å². The van der Waals surface area contributed by atoms with Gasteiger partial charge < -0.3 is 4.90 Å². The van der Waals surface area contributed by atoms with Gasteiger partial charge in [-0.15, -0.1) is 0 Å². The van der Waals surface area contributed by atoms with Gasteiger partial charge >= 0.3 is 0 Å². The Labute approximate surface area is 193 Å². The SMILES string of the molecule is CCCCCCCCCCCCCCCN(CCCCC(C)C)CCCCC(C)C. The summed E-state index contributed by atoms with van der Waals surface area (Å²) in [6.07, 6.45) is 27.4. The van der Waals surface area contributed by atoms with Crippen molar-refractivity contribution < 1.29 is 0 Å². The van der Waals surface area contributed by atoms with Crippen LogP contribution in [-0.4, -0.2) is 24.5 Å². The minimum Gasteiger partial charge on any atom is -0.303 e. The Bertz CT molecular complexity index is 293. The van der Waals surface area contributed by atoms with Gasteiger partial charge in [0, 0.05) is 0 Å². The Balaban J connectivity index is 3.66. The van der Waals surface area contributed by atoms with Crippen LogP contribution in [0.2, 0.25) is 0 Å². The summed E-state index contributed by atoms with van der Waals surface area (Å²) in [5.41, 5.74) is 0. The van der Waals surface area contributed by atoms with E-state index in [4.69, 9.17) is 0 Å². The van der Waals surface area contributed by atoms with Crippen molar-refractivity contribution in [3.8, 4) is 0 Å². The van der Waals surface area contributed by atoms with Crippen molar-refractivity contribution in [2.45, 2.75) is 157 Å². The molecule has 0 amide bonds. The molecule has 0 aliphatic heterocycles. The number of rotatable bonds is 24. The summed E-state index contributed by atoms with van der Waals surface area (Å²) in [7, 11) is 0. The zero-order valence-corrected chi connectivity index (χ0v) is 22.2. The molecule has 0 bridgehead atoms. The van der Waals surface area contributed by atoms with Crippen LogP contribution in [-0.2, 0) is 0 Å². The van der Waals surface area contributed by atoms with Crippen LogP contribution in [0.15, 0.2) is 0 Å². The second-order valence-corrected chi connectivity index (χ2v) is 10.9. The Morgan fingerprint density at radius 2 is 0.700 bits per heavy atom. The first-order valence-electron chi connectivity index (χ1n) is 14.3. The summed E-state index contributed by atoms with van der Waals surface area (Å²) in [5.74, 6) is 1.73. The zero-order valence-electron chi connectivity index (χ0n) is 22.2. The van der Waals surface area contributed by atoms with Gasteiger partial charge in [0.1, 0.15) is 0 Å². The smallest absolute Gasteiger partial charge is 0.00187 e. The van der Waals surface area contributed by atoms with Crippen LogP contribution in [0.3, 0.4) is 0 Å². The summed E-state index contributed by atoms with van der Waals surface area (Å²) in [4.78, 5) is 2.79. The van der Waals surface area contributed by atoms with Crippen molar-refractivity contribution in [2.75, 3.05) is 19.6 Å². The fraction of sp³-hybridized carbons (Fsp3) is 1.00. The van der Waals surface area contributed by atoms with Crippen LogP contribution in [0.5, 0.6) is 0 Å². The Kier molecular flexibility index (Phi) is 23.6. The molecule has 1 nitrogen and oxygen atoms in total. The van der Waals surface area contributed by atoms with Gasteiger partial charge in [-0.25, -0.2) is 0 Å². The van der Waals surface area contributed by atoms with Crippen LogP contribution >= 0.6 is 0 Å². The fourth-order valence-electron chi connectivity index (χ4n) is 4.46. The topological polar surface area (TPSA) is 3.24 Å². The molecule has 30 heavy (non-hydrogen) atoms. The molecular formula is C29H61N. The monoisotopic (exact) mass is 423 g/mol. The highest BCUT2D eigenvalue weighted by Gasteiger charge is 2.06. The third kappa shape index (κ3) is 24.2. The van der Waals surface area contributed by atoms with Gasteiger partial charge in [0.05, 0.1) is 0 Å². The maximum atomic E-state index is 2.79. The first kappa shape index (κ1) is 30.0. The molecule has 0 saturated heterocycles. The molecule has 1 heteroatoms. The maximum Gasteiger partial charge on any atom is -0.00187 e. The number of hydrogen-bond donors (Lipinski definition) is 0. The molecule has 0 N–H and O–H groups in total. The van der Waals surface area contributed by atoms with E-state index in [0.29, 0.717) is 0 Å². The lowest BCUT2D eigenvalue weighted by Gasteiger charge is -2.23. The van der Waals surface area contributed by atoms with E-state index >= 15 is 0 Å². The molecular weight excluding hydrogens is 362 g/mol.